The summed E-state index contributed by atoms with van der Waals surface area (Å²) in [6.45, 7) is 1.68. The average Bonchev–Trinajstić information content (AvgIpc) is 3.47. The zero-order chi connectivity index (χ0) is 20.1. The van der Waals surface area contributed by atoms with E-state index in [-0.39, 0.29) is 5.91 Å². The third-order valence-corrected chi connectivity index (χ3v) is 6.04. The van der Waals surface area contributed by atoms with E-state index >= 15 is 0 Å². The van der Waals surface area contributed by atoms with Crippen molar-refractivity contribution in [3.05, 3.63) is 66.6 Å². The van der Waals surface area contributed by atoms with Crippen LogP contribution in [-0.2, 0) is 0 Å². The number of rotatable bonds is 2. The molecule has 1 amide bonds. The predicted octanol–water partition coefficient (Wildman–Crippen LogP) is 4.66. The minimum atomic E-state index is 0.0944. The third-order valence-electron chi connectivity index (χ3n) is 6.04. The molecule has 4 heterocycles. The lowest BCUT2D eigenvalue weighted by molar-refractivity contribution is 0.0724. The van der Waals surface area contributed by atoms with Gasteiger partial charge >= 0.3 is 0 Å². The molecule has 5 aromatic rings. The zero-order valence-electron chi connectivity index (χ0n) is 16.5. The quantitative estimate of drug-likeness (QED) is 0.473. The number of aromatic nitrogens is 4. The Bertz CT molecular complexity index is 1410. The van der Waals surface area contributed by atoms with E-state index in [4.69, 9.17) is 4.98 Å². The first kappa shape index (κ1) is 17.2. The third kappa shape index (κ3) is 2.68. The topological polar surface area (TPSA) is 66.3 Å². The number of hydrogen-bond acceptors (Lipinski definition) is 3. The van der Waals surface area contributed by atoms with Crippen LogP contribution in [0.25, 0.3) is 38.8 Å². The van der Waals surface area contributed by atoms with E-state index in [2.05, 4.69) is 34.2 Å². The number of H-pyrrole nitrogens is 1. The van der Waals surface area contributed by atoms with Gasteiger partial charge in [0.15, 0.2) is 0 Å². The summed E-state index contributed by atoms with van der Waals surface area (Å²) in [5.74, 6) is 0.914. The molecule has 3 aromatic heterocycles. The van der Waals surface area contributed by atoms with Crippen LogP contribution in [0.2, 0.25) is 0 Å². The van der Waals surface area contributed by atoms with Crippen LogP contribution < -0.4 is 0 Å². The van der Waals surface area contributed by atoms with Crippen molar-refractivity contribution >= 4 is 33.4 Å². The monoisotopic (exact) mass is 395 g/mol. The Kier molecular flexibility index (Phi) is 3.84. The SMILES string of the molecule is O=C(c1ccc2c(c1)nc(-c1ccc3[nH]ccc3c1)n1ccnc21)N1CCCCC1. The fourth-order valence-electron chi connectivity index (χ4n) is 4.46. The molecule has 0 atom stereocenters. The minimum absolute atomic E-state index is 0.0944. The first-order chi connectivity index (χ1) is 14.8. The minimum Gasteiger partial charge on any atom is -0.361 e. The summed E-state index contributed by atoms with van der Waals surface area (Å²) in [7, 11) is 0. The molecule has 1 aliphatic rings. The Morgan fingerprint density at radius 1 is 1.00 bits per heavy atom. The van der Waals surface area contributed by atoms with Crippen LogP contribution in [0.5, 0.6) is 0 Å². The van der Waals surface area contributed by atoms with Gasteiger partial charge in [-0.25, -0.2) is 9.97 Å². The standard InChI is InChI=1S/C24H21N5O/c30-24(28-11-2-1-3-12-28)18-4-6-19-21(15-18)27-22(29-13-10-26-23(19)29)17-5-7-20-16(14-17)8-9-25-20/h4-10,13-15,25H,1-3,11-12H2. The van der Waals surface area contributed by atoms with Crippen LogP contribution in [-0.4, -0.2) is 43.2 Å². The van der Waals surface area contributed by atoms with Crippen molar-refractivity contribution < 1.29 is 4.79 Å². The molecule has 148 valence electrons. The fraction of sp³-hybridized carbons (Fsp3) is 0.208. The van der Waals surface area contributed by atoms with Crippen LogP contribution in [0, 0.1) is 0 Å². The van der Waals surface area contributed by atoms with Gasteiger partial charge in [0.1, 0.15) is 11.5 Å². The highest BCUT2D eigenvalue weighted by atomic mass is 16.2. The first-order valence-electron chi connectivity index (χ1n) is 10.4. The molecule has 30 heavy (non-hydrogen) atoms. The van der Waals surface area contributed by atoms with Gasteiger partial charge in [-0.2, -0.15) is 0 Å². The van der Waals surface area contributed by atoms with E-state index < -0.39 is 0 Å². The number of fused-ring (bicyclic) bond motifs is 4. The predicted molar refractivity (Wildman–Crippen MR) is 118 cm³/mol. The average molecular weight is 395 g/mol. The highest BCUT2D eigenvalue weighted by Crippen LogP contribution is 2.28. The molecule has 2 aromatic carbocycles. The van der Waals surface area contributed by atoms with Crippen LogP contribution in [0.3, 0.4) is 0 Å². The van der Waals surface area contributed by atoms with Crippen molar-refractivity contribution in [1.82, 2.24) is 24.3 Å². The maximum atomic E-state index is 13.0. The second kappa shape index (κ2) is 6.69. The second-order valence-corrected chi connectivity index (χ2v) is 7.92. The Morgan fingerprint density at radius 3 is 2.80 bits per heavy atom. The molecule has 0 bridgehead atoms. The molecule has 6 heteroatoms. The highest BCUT2D eigenvalue weighted by Gasteiger charge is 2.19. The smallest absolute Gasteiger partial charge is 0.253 e. The largest absolute Gasteiger partial charge is 0.361 e. The molecule has 0 aliphatic carbocycles. The van der Waals surface area contributed by atoms with Crippen molar-refractivity contribution in [2.45, 2.75) is 19.3 Å². The number of aromatic amines is 1. The second-order valence-electron chi connectivity index (χ2n) is 7.92. The van der Waals surface area contributed by atoms with Crippen molar-refractivity contribution in [3.8, 4) is 11.4 Å². The molecule has 0 spiro atoms. The maximum Gasteiger partial charge on any atom is 0.253 e. The zero-order valence-corrected chi connectivity index (χ0v) is 16.5. The van der Waals surface area contributed by atoms with Crippen LogP contribution >= 0.6 is 0 Å². The molecule has 1 N–H and O–H groups in total. The number of carbonyl (C=O) groups is 1. The maximum absolute atomic E-state index is 13.0. The van der Waals surface area contributed by atoms with E-state index in [0.717, 1.165) is 64.8 Å². The Hall–Kier alpha value is -3.67. The molecular formula is C24H21N5O. The van der Waals surface area contributed by atoms with Gasteiger partial charge in [-0.3, -0.25) is 9.20 Å². The Balaban J connectivity index is 1.52. The number of nitrogens with zero attached hydrogens (tertiary/aromatic N) is 4. The van der Waals surface area contributed by atoms with Gasteiger partial charge < -0.3 is 9.88 Å². The van der Waals surface area contributed by atoms with Crippen molar-refractivity contribution in [2.24, 2.45) is 0 Å². The summed E-state index contributed by atoms with van der Waals surface area (Å²) in [4.78, 5) is 27.7. The number of imidazole rings is 1. The van der Waals surface area contributed by atoms with E-state index in [9.17, 15) is 4.79 Å². The summed E-state index contributed by atoms with van der Waals surface area (Å²) >= 11 is 0. The number of nitrogens with one attached hydrogen (secondary N) is 1. The molecule has 0 radical (unpaired) electrons. The Morgan fingerprint density at radius 2 is 1.90 bits per heavy atom. The van der Waals surface area contributed by atoms with E-state index in [0.29, 0.717) is 5.56 Å². The summed E-state index contributed by atoms with van der Waals surface area (Å²) in [6, 6.07) is 14.1. The van der Waals surface area contributed by atoms with Gasteiger partial charge in [0.25, 0.3) is 5.91 Å². The fourth-order valence-corrected chi connectivity index (χ4v) is 4.46. The number of amides is 1. The molecular weight excluding hydrogens is 374 g/mol. The van der Waals surface area contributed by atoms with Gasteiger partial charge in [0.05, 0.1) is 5.52 Å². The summed E-state index contributed by atoms with van der Waals surface area (Å²) in [5.41, 5.74) is 4.44. The van der Waals surface area contributed by atoms with Gasteiger partial charge in [-0.05, 0) is 61.7 Å². The van der Waals surface area contributed by atoms with Gasteiger partial charge in [-0.15, -0.1) is 0 Å². The van der Waals surface area contributed by atoms with E-state index in [1.807, 2.05) is 39.9 Å². The molecule has 1 aliphatic heterocycles. The lowest BCUT2D eigenvalue weighted by atomic mass is 10.1. The number of benzene rings is 2. The summed E-state index contributed by atoms with van der Waals surface area (Å²) in [5, 5.41) is 2.08. The molecule has 6 rings (SSSR count). The molecule has 6 nitrogen and oxygen atoms in total. The van der Waals surface area contributed by atoms with Crippen molar-refractivity contribution in [1.29, 1.82) is 0 Å². The van der Waals surface area contributed by atoms with Crippen molar-refractivity contribution in [3.63, 3.8) is 0 Å². The van der Waals surface area contributed by atoms with Crippen LogP contribution in [0.4, 0.5) is 0 Å². The number of likely N-dealkylation sites (tertiary alicyclic amines) is 1. The van der Waals surface area contributed by atoms with E-state index in [1.54, 1.807) is 6.20 Å². The molecule has 0 unspecified atom stereocenters. The molecule has 1 saturated heterocycles. The number of carbonyl (C=O) groups excluding carboxylic acids is 1. The first-order valence-corrected chi connectivity index (χ1v) is 10.4. The number of piperidine rings is 1. The normalized spacial score (nSPS) is 14.7. The van der Waals surface area contributed by atoms with Gasteiger partial charge in [0.2, 0.25) is 0 Å². The highest BCUT2D eigenvalue weighted by molar-refractivity contribution is 6.01. The lowest BCUT2D eigenvalue weighted by Gasteiger charge is -2.26. The van der Waals surface area contributed by atoms with Gasteiger partial charge in [-0.1, -0.05) is 0 Å². The molecule has 1 fully saturated rings. The van der Waals surface area contributed by atoms with Crippen LogP contribution in [0.1, 0.15) is 29.6 Å². The number of hydrogen-bond donors (Lipinski definition) is 1. The Labute approximate surface area is 173 Å². The van der Waals surface area contributed by atoms with Gasteiger partial charge in [0, 0.05) is 59.1 Å². The van der Waals surface area contributed by atoms with Crippen molar-refractivity contribution in [2.75, 3.05) is 13.1 Å². The summed E-state index contributed by atoms with van der Waals surface area (Å²) < 4.78 is 2.02. The molecule has 0 saturated carbocycles. The van der Waals surface area contributed by atoms with Crippen LogP contribution in [0.15, 0.2) is 61.1 Å². The van der Waals surface area contributed by atoms with E-state index in [1.165, 1.54) is 6.42 Å². The lowest BCUT2D eigenvalue weighted by Crippen LogP contribution is -2.35. The summed E-state index contributed by atoms with van der Waals surface area (Å²) in [6.07, 6.45) is 9.03.